The molecule has 1 amide bonds. The van der Waals surface area contributed by atoms with E-state index in [-0.39, 0.29) is 17.9 Å². The van der Waals surface area contributed by atoms with E-state index in [9.17, 15) is 4.79 Å². The minimum Gasteiger partial charge on any atom is -0.484 e. The number of nitrogens with zero attached hydrogens (tertiary/aromatic N) is 1. The standard InChI is InChI=1S/C21H27N3O4/c1-26-16-21(9-12-22-13-10-21)15-24-19(25)14-27-17-5-7-18(8-6-17)28-20-4-2-3-11-23-20/h2-8,11,22H,9-10,12-16H2,1H3,(H,24,25). The van der Waals surface area contributed by atoms with Crippen LogP contribution in [-0.2, 0) is 9.53 Å². The van der Waals surface area contributed by atoms with Crippen molar-refractivity contribution in [3.05, 3.63) is 48.7 Å². The van der Waals surface area contributed by atoms with Gasteiger partial charge in [-0.25, -0.2) is 4.98 Å². The van der Waals surface area contributed by atoms with Crippen LogP contribution in [0.15, 0.2) is 48.7 Å². The summed E-state index contributed by atoms with van der Waals surface area (Å²) in [5.41, 5.74) is 0.000120. The molecule has 1 saturated heterocycles. The smallest absolute Gasteiger partial charge is 0.257 e. The molecule has 0 aliphatic carbocycles. The van der Waals surface area contributed by atoms with Crippen molar-refractivity contribution < 1.29 is 19.0 Å². The summed E-state index contributed by atoms with van der Waals surface area (Å²) in [6.45, 7) is 3.11. The van der Waals surface area contributed by atoms with Crippen molar-refractivity contribution >= 4 is 5.91 Å². The zero-order valence-electron chi connectivity index (χ0n) is 16.1. The highest BCUT2D eigenvalue weighted by atomic mass is 16.5. The molecule has 0 spiro atoms. The molecule has 1 aliphatic rings. The van der Waals surface area contributed by atoms with Crippen LogP contribution in [0.4, 0.5) is 0 Å². The van der Waals surface area contributed by atoms with Crippen LogP contribution in [0.25, 0.3) is 0 Å². The molecule has 28 heavy (non-hydrogen) atoms. The van der Waals surface area contributed by atoms with E-state index in [1.54, 1.807) is 43.6 Å². The molecule has 2 N–H and O–H groups in total. The minimum absolute atomic E-state index is 0.000120. The summed E-state index contributed by atoms with van der Waals surface area (Å²) >= 11 is 0. The molecule has 0 bridgehead atoms. The molecule has 7 heteroatoms. The van der Waals surface area contributed by atoms with Crippen molar-refractivity contribution in [1.82, 2.24) is 15.6 Å². The largest absolute Gasteiger partial charge is 0.484 e. The Balaban J connectivity index is 1.44. The van der Waals surface area contributed by atoms with Gasteiger partial charge in [0.15, 0.2) is 6.61 Å². The number of ether oxygens (including phenoxy) is 3. The van der Waals surface area contributed by atoms with Crippen molar-refractivity contribution in [3.8, 4) is 17.4 Å². The van der Waals surface area contributed by atoms with Gasteiger partial charge in [0, 0.05) is 31.3 Å². The fourth-order valence-electron chi connectivity index (χ4n) is 3.25. The summed E-state index contributed by atoms with van der Waals surface area (Å²) in [4.78, 5) is 16.3. The van der Waals surface area contributed by atoms with Gasteiger partial charge in [-0.15, -0.1) is 0 Å². The van der Waals surface area contributed by atoms with Gasteiger partial charge >= 0.3 is 0 Å². The Labute approximate surface area is 165 Å². The minimum atomic E-state index is -0.136. The van der Waals surface area contributed by atoms with Gasteiger partial charge in [0.1, 0.15) is 11.5 Å². The predicted octanol–water partition coefficient (Wildman–Crippen LogP) is 2.39. The molecular formula is C21H27N3O4. The van der Waals surface area contributed by atoms with Crippen molar-refractivity contribution in [2.75, 3.05) is 40.0 Å². The number of rotatable bonds is 9. The fourth-order valence-corrected chi connectivity index (χ4v) is 3.25. The van der Waals surface area contributed by atoms with Gasteiger partial charge in [0.25, 0.3) is 5.91 Å². The van der Waals surface area contributed by atoms with Crippen LogP contribution in [0.1, 0.15) is 12.8 Å². The van der Waals surface area contributed by atoms with Gasteiger partial charge in [0.05, 0.1) is 6.61 Å². The zero-order chi connectivity index (χ0) is 19.7. The second-order valence-electron chi connectivity index (χ2n) is 6.99. The Morgan fingerprint density at radius 3 is 2.57 bits per heavy atom. The highest BCUT2D eigenvalue weighted by Crippen LogP contribution is 2.28. The Bertz CT molecular complexity index is 726. The van der Waals surface area contributed by atoms with Crippen molar-refractivity contribution in [2.24, 2.45) is 5.41 Å². The maximum atomic E-state index is 12.2. The summed E-state index contributed by atoms with van der Waals surface area (Å²) in [6.07, 6.45) is 3.64. The lowest BCUT2D eigenvalue weighted by Crippen LogP contribution is -2.47. The Hall–Kier alpha value is -2.64. The lowest BCUT2D eigenvalue weighted by atomic mass is 9.79. The molecular weight excluding hydrogens is 358 g/mol. The van der Waals surface area contributed by atoms with Gasteiger partial charge in [-0.2, -0.15) is 0 Å². The summed E-state index contributed by atoms with van der Waals surface area (Å²) in [5, 5.41) is 6.33. The van der Waals surface area contributed by atoms with E-state index in [1.807, 2.05) is 12.1 Å². The van der Waals surface area contributed by atoms with Crippen LogP contribution in [-0.4, -0.2) is 50.8 Å². The highest BCUT2D eigenvalue weighted by molar-refractivity contribution is 5.77. The van der Waals surface area contributed by atoms with E-state index < -0.39 is 0 Å². The number of piperidine rings is 1. The quantitative estimate of drug-likeness (QED) is 0.690. The second-order valence-corrected chi connectivity index (χ2v) is 6.99. The summed E-state index contributed by atoms with van der Waals surface area (Å²) in [5.74, 6) is 1.65. The maximum absolute atomic E-state index is 12.2. The zero-order valence-corrected chi connectivity index (χ0v) is 16.1. The van der Waals surface area contributed by atoms with Gasteiger partial charge in [-0.05, 0) is 56.3 Å². The lowest BCUT2D eigenvalue weighted by Gasteiger charge is -2.37. The van der Waals surface area contributed by atoms with Crippen molar-refractivity contribution in [3.63, 3.8) is 0 Å². The van der Waals surface area contributed by atoms with E-state index in [1.165, 1.54) is 0 Å². The van der Waals surface area contributed by atoms with Gasteiger partial charge in [0.2, 0.25) is 5.88 Å². The van der Waals surface area contributed by atoms with E-state index in [0.717, 1.165) is 25.9 Å². The molecule has 0 atom stereocenters. The lowest BCUT2D eigenvalue weighted by molar-refractivity contribution is -0.124. The number of aromatic nitrogens is 1. The number of nitrogens with one attached hydrogen (secondary N) is 2. The predicted molar refractivity (Wildman–Crippen MR) is 106 cm³/mol. The second kappa shape index (κ2) is 10.1. The number of carbonyl (C=O) groups excluding carboxylic acids is 1. The van der Waals surface area contributed by atoms with Gasteiger partial charge in [-0.1, -0.05) is 6.07 Å². The third kappa shape index (κ3) is 5.94. The Morgan fingerprint density at radius 1 is 1.14 bits per heavy atom. The molecule has 3 rings (SSSR count). The fraction of sp³-hybridized carbons (Fsp3) is 0.429. The number of methoxy groups -OCH3 is 1. The highest BCUT2D eigenvalue weighted by Gasteiger charge is 2.32. The SMILES string of the molecule is COCC1(CNC(=O)COc2ccc(Oc3ccccn3)cc2)CCNCC1. The van der Waals surface area contributed by atoms with Crippen LogP contribution in [0.2, 0.25) is 0 Å². The normalized spacial score (nSPS) is 15.6. The molecule has 1 aliphatic heterocycles. The Kier molecular flexibility index (Phi) is 7.22. The number of amides is 1. The molecule has 1 aromatic heterocycles. The number of benzene rings is 1. The van der Waals surface area contributed by atoms with Crippen LogP contribution in [0.5, 0.6) is 17.4 Å². The first kappa shape index (κ1) is 20.1. The summed E-state index contributed by atoms with van der Waals surface area (Å²) in [7, 11) is 1.70. The van der Waals surface area contributed by atoms with E-state index in [4.69, 9.17) is 14.2 Å². The van der Waals surface area contributed by atoms with Gasteiger partial charge < -0.3 is 24.8 Å². The average molecular weight is 385 g/mol. The average Bonchev–Trinajstić information content (AvgIpc) is 2.73. The topological polar surface area (TPSA) is 81.7 Å². The Morgan fingerprint density at radius 2 is 1.89 bits per heavy atom. The van der Waals surface area contributed by atoms with Crippen molar-refractivity contribution in [2.45, 2.75) is 12.8 Å². The monoisotopic (exact) mass is 385 g/mol. The third-order valence-corrected chi connectivity index (χ3v) is 4.83. The molecule has 2 heterocycles. The van der Waals surface area contributed by atoms with E-state index in [2.05, 4.69) is 15.6 Å². The van der Waals surface area contributed by atoms with Crippen LogP contribution >= 0.6 is 0 Å². The maximum Gasteiger partial charge on any atom is 0.257 e. The first-order valence-electron chi connectivity index (χ1n) is 9.47. The molecule has 150 valence electrons. The van der Waals surface area contributed by atoms with Crippen LogP contribution in [0.3, 0.4) is 0 Å². The van der Waals surface area contributed by atoms with Crippen molar-refractivity contribution in [1.29, 1.82) is 0 Å². The summed E-state index contributed by atoms with van der Waals surface area (Å²) in [6, 6.07) is 12.6. The molecule has 0 saturated carbocycles. The first-order chi connectivity index (χ1) is 13.7. The number of hydrogen-bond donors (Lipinski definition) is 2. The van der Waals surface area contributed by atoms with E-state index >= 15 is 0 Å². The third-order valence-electron chi connectivity index (χ3n) is 4.83. The first-order valence-corrected chi connectivity index (χ1v) is 9.47. The number of carbonyl (C=O) groups is 1. The molecule has 0 unspecified atom stereocenters. The molecule has 7 nitrogen and oxygen atoms in total. The molecule has 2 aromatic rings. The van der Waals surface area contributed by atoms with E-state index in [0.29, 0.717) is 30.5 Å². The van der Waals surface area contributed by atoms with Crippen LogP contribution < -0.4 is 20.1 Å². The summed E-state index contributed by atoms with van der Waals surface area (Å²) < 4.78 is 16.6. The number of pyridine rings is 1. The number of hydrogen-bond acceptors (Lipinski definition) is 6. The molecule has 0 radical (unpaired) electrons. The van der Waals surface area contributed by atoms with Gasteiger partial charge in [-0.3, -0.25) is 4.79 Å². The molecule has 1 aromatic carbocycles. The van der Waals surface area contributed by atoms with Crippen LogP contribution in [0, 0.1) is 5.41 Å². The molecule has 1 fully saturated rings.